The van der Waals surface area contributed by atoms with Crippen molar-refractivity contribution in [3.8, 4) is 5.75 Å². The van der Waals surface area contributed by atoms with Gasteiger partial charge in [-0.2, -0.15) is 0 Å². The number of rotatable bonds is 9. The minimum Gasteiger partial charge on any atom is -0.496 e. The Morgan fingerprint density at radius 2 is 1.93 bits per heavy atom. The summed E-state index contributed by atoms with van der Waals surface area (Å²) in [6.45, 7) is 8.28. The number of likely N-dealkylation sites (tertiary alicyclic amines) is 1. The molecule has 2 aromatic rings. The SMILES string of the molecule is CCN(CC(=O)NCc1ccccc1OC)C1CCN(C(C)c2ccccc2)C1. The number of methoxy groups -OCH3 is 1. The van der Waals surface area contributed by atoms with Crippen molar-refractivity contribution in [3.63, 3.8) is 0 Å². The molecule has 1 heterocycles. The van der Waals surface area contributed by atoms with Gasteiger partial charge in [0.2, 0.25) is 5.91 Å². The second-order valence-electron chi connectivity index (χ2n) is 7.68. The summed E-state index contributed by atoms with van der Waals surface area (Å²) in [6.07, 6.45) is 1.10. The minimum absolute atomic E-state index is 0.0623. The minimum atomic E-state index is 0.0623. The lowest BCUT2D eigenvalue weighted by molar-refractivity contribution is -0.122. The van der Waals surface area contributed by atoms with Crippen LogP contribution >= 0.6 is 0 Å². The average molecular weight is 396 g/mol. The van der Waals surface area contributed by atoms with Gasteiger partial charge in [0.15, 0.2) is 0 Å². The number of nitrogens with one attached hydrogen (secondary N) is 1. The van der Waals surface area contributed by atoms with Gasteiger partial charge in [0.25, 0.3) is 0 Å². The zero-order valence-corrected chi connectivity index (χ0v) is 17.8. The highest BCUT2D eigenvalue weighted by molar-refractivity contribution is 5.78. The van der Waals surface area contributed by atoms with E-state index in [4.69, 9.17) is 4.74 Å². The molecule has 29 heavy (non-hydrogen) atoms. The van der Waals surface area contributed by atoms with Gasteiger partial charge < -0.3 is 10.1 Å². The second kappa shape index (κ2) is 10.4. The molecule has 3 rings (SSSR count). The Bertz CT molecular complexity index is 781. The Balaban J connectivity index is 1.51. The third-order valence-electron chi connectivity index (χ3n) is 5.96. The van der Waals surface area contributed by atoms with E-state index in [1.807, 2.05) is 24.3 Å². The van der Waals surface area contributed by atoms with Crippen molar-refractivity contribution in [2.45, 2.75) is 38.9 Å². The van der Waals surface area contributed by atoms with Gasteiger partial charge in [-0.05, 0) is 31.5 Å². The van der Waals surface area contributed by atoms with Crippen LogP contribution in [0.15, 0.2) is 54.6 Å². The number of benzene rings is 2. The molecule has 1 fully saturated rings. The molecule has 0 aliphatic carbocycles. The Morgan fingerprint density at radius 1 is 1.21 bits per heavy atom. The summed E-state index contributed by atoms with van der Waals surface area (Å²) >= 11 is 0. The fraction of sp³-hybridized carbons (Fsp3) is 0.458. The molecule has 0 saturated carbocycles. The lowest BCUT2D eigenvalue weighted by atomic mass is 10.1. The molecule has 0 spiro atoms. The first-order valence-corrected chi connectivity index (χ1v) is 10.5. The zero-order valence-electron chi connectivity index (χ0n) is 17.8. The number of carbonyl (C=O) groups excluding carboxylic acids is 1. The third kappa shape index (κ3) is 5.58. The molecule has 5 nitrogen and oxygen atoms in total. The fourth-order valence-corrected chi connectivity index (χ4v) is 4.14. The maximum atomic E-state index is 12.6. The van der Waals surface area contributed by atoms with Crippen molar-refractivity contribution in [1.82, 2.24) is 15.1 Å². The lowest BCUT2D eigenvalue weighted by Gasteiger charge is -2.29. The monoisotopic (exact) mass is 395 g/mol. The number of nitrogens with zero attached hydrogens (tertiary/aromatic N) is 2. The molecule has 2 aromatic carbocycles. The van der Waals surface area contributed by atoms with Gasteiger partial charge in [0, 0.05) is 37.3 Å². The quantitative estimate of drug-likeness (QED) is 0.706. The number of para-hydroxylation sites is 1. The summed E-state index contributed by atoms with van der Waals surface area (Å²) in [4.78, 5) is 17.4. The lowest BCUT2D eigenvalue weighted by Crippen LogP contribution is -2.44. The van der Waals surface area contributed by atoms with E-state index in [1.54, 1.807) is 7.11 Å². The van der Waals surface area contributed by atoms with Gasteiger partial charge in [-0.25, -0.2) is 0 Å². The maximum Gasteiger partial charge on any atom is 0.234 e. The number of hydrogen-bond acceptors (Lipinski definition) is 4. The highest BCUT2D eigenvalue weighted by Gasteiger charge is 2.30. The number of ether oxygens (including phenoxy) is 1. The molecule has 1 amide bonds. The van der Waals surface area contributed by atoms with E-state index in [1.165, 1.54) is 5.56 Å². The molecule has 1 saturated heterocycles. The topological polar surface area (TPSA) is 44.8 Å². The number of amides is 1. The van der Waals surface area contributed by atoms with Crippen LogP contribution in [0.4, 0.5) is 0 Å². The molecular formula is C24H33N3O2. The maximum absolute atomic E-state index is 12.6. The summed E-state index contributed by atoms with van der Waals surface area (Å²) in [6, 6.07) is 19.3. The van der Waals surface area contributed by atoms with Gasteiger partial charge in [-0.1, -0.05) is 55.5 Å². The zero-order chi connectivity index (χ0) is 20.6. The Labute approximate surface area is 174 Å². The summed E-state index contributed by atoms with van der Waals surface area (Å²) in [5, 5.41) is 3.05. The summed E-state index contributed by atoms with van der Waals surface area (Å²) in [7, 11) is 1.65. The molecule has 0 radical (unpaired) electrons. The van der Waals surface area contributed by atoms with Crippen molar-refractivity contribution in [1.29, 1.82) is 0 Å². The van der Waals surface area contributed by atoms with Crippen molar-refractivity contribution < 1.29 is 9.53 Å². The molecule has 156 valence electrons. The second-order valence-corrected chi connectivity index (χ2v) is 7.68. The normalized spacial score (nSPS) is 18.0. The first kappa shape index (κ1) is 21.3. The molecule has 1 N–H and O–H groups in total. The van der Waals surface area contributed by atoms with Gasteiger partial charge in [0.05, 0.1) is 13.7 Å². The highest BCUT2D eigenvalue weighted by Crippen LogP contribution is 2.26. The van der Waals surface area contributed by atoms with E-state index in [0.717, 1.165) is 37.4 Å². The standard InChI is InChI=1S/C24H33N3O2/c1-4-26(18-24(28)25-16-21-12-8-9-13-23(21)29-3)22-14-15-27(17-22)19(2)20-10-6-5-7-11-20/h5-13,19,22H,4,14-18H2,1-3H3,(H,25,28). The van der Waals surface area contributed by atoms with Gasteiger partial charge in [0.1, 0.15) is 5.75 Å². The first-order chi connectivity index (χ1) is 14.1. The van der Waals surface area contributed by atoms with Crippen LogP contribution in [0.2, 0.25) is 0 Å². The molecule has 5 heteroatoms. The largest absolute Gasteiger partial charge is 0.496 e. The molecule has 2 atom stereocenters. The summed E-state index contributed by atoms with van der Waals surface area (Å²) < 4.78 is 5.36. The van der Waals surface area contributed by atoms with Crippen LogP contribution in [-0.4, -0.2) is 55.0 Å². The predicted octanol–water partition coefficient (Wildman–Crippen LogP) is 3.47. The van der Waals surface area contributed by atoms with E-state index >= 15 is 0 Å². The van der Waals surface area contributed by atoms with Crippen LogP contribution in [0.3, 0.4) is 0 Å². The van der Waals surface area contributed by atoms with Crippen molar-refractivity contribution in [2.75, 3.05) is 33.3 Å². The number of hydrogen-bond donors (Lipinski definition) is 1. The third-order valence-corrected chi connectivity index (χ3v) is 5.96. The number of likely N-dealkylation sites (N-methyl/N-ethyl adjacent to an activating group) is 1. The van der Waals surface area contributed by atoms with Crippen LogP contribution in [0.25, 0.3) is 0 Å². The smallest absolute Gasteiger partial charge is 0.234 e. The van der Waals surface area contributed by atoms with E-state index in [0.29, 0.717) is 25.2 Å². The Hall–Kier alpha value is -2.37. The van der Waals surface area contributed by atoms with Crippen LogP contribution in [0.5, 0.6) is 5.75 Å². The van der Waals surface area contributed by atoms with E-state index in [-0.39, 0.29) is 5.91 Å². The Morgan fingerprint density at radius 3 is 2.66 bits per heavy atom. The van der Waals surface area contributed by atoms with Crippen molar-refractivity contribution in [2.24, 2.45) is 0 Å². The van der Waals surface area contributed by atoms with Crippen LogP contribution in [0, 0.1) is 0 Å². The predicted molar refractivity (Wildman–Crippen MR) is 117 cm³/mol. The molecule has 0 bridgehead atoms. The summed E-state index contributed by atoms with van der Waals surface area (Å²) in [5.74, 6) is 0.869. The summed E-state index contributed by atoms with van der Waals surface area (Å²) in [5.41, 5.74) is 2.35. The van der Waals surface area contributed by atoms with E-state index in [2.05, 4.69) is 59.3 Å². The number of carbonyl (C=O) groups is 1. The average Bonchev–Trinajstić information content (AvgIpc) is 3.26. The highest BCUT2D eigenvalue weighted by atomic mass is 16.5. The molecule has 2 unspecified atom stereocenters. The van der Waals surface area contributed by atoms with Crippen LogP contribution in [0.1, 0.15) is 37.4 Å². The first-order valence-electron chi connectivity index (χ1n) is 10.5. The van der Waals surface area contributed by atoms with Crippen LogP contribution < -0.4 is 10.1 Å². The van der Waals surface area contributed by atoms with E-state index in [9.17, 15) is 4.79 Å². The Kier molecular flexibility index (Phi) is 7.67. The molecule has 1 aliphatic rings. The van der Waals surface area contributed by atoms with Gasteiger partial charge in [-0.3, -0.25) is 14.6 Å². The van der Waals surface area contributed by atoms with E-state index < -0.39 is 0 Å². The van der Waals surface area contributed by atoms with Gasteiger partial charge >= 0.3 is 0 Å². The van der Waals surface area contributed by atoms with Crippen molar-refractivity contribution >= 4 is 5.91 Å². The molecular weight excluding hydrogens is 362 g/mol. The molecule has 1 aliphatic heterocycles. The van der Waals surface area contributed by atoms with Crippen molar-refractivity contribution in [3.05, 3.63) is 65.7 Å². The van der Waals surface area contributed by atoms with Gasteiger partial charge in [-0.15, -0.1) is 0 Å². The molecule has 0 aromatic heterocycles. The fourth-order valence-electron chi connectivity index (χ4n) is 4.14. The van der Waals surface area contributed by atoms with Crippen LogP contribution in [-0.2, 0) is 11.3 Å².